The fourth-order valence-electron chi connectivity index (χ4n) is 0.305. The van der Waals surface area contributed by atoms with Crippen molar-refractivity contribution in [2.75, 3.05) is 12.8 Å². The lowest BCUT2D eigenvalue weighted by molar-refractivity contribution is 0.669. The molecule has 0 bridgehead atoms. The highest BCUT2D eigenvalue weighted by atomic mass is 32.2. The standard InChI is InChI=1S/C3H11N3OS/c1-3-5-8(2,7)6-4/h3-4H2,1-2H3,(H,5,6,7). The monoisotopic (exact) mass is 137 g/mol. The Bertz CT molecular complexity index is 158. The molecule has 0 aromatic rings. The van der Waals surface area contributed by atoms with Crippen molar-refractivity contribution in [3.63, 3.8) is 0 Å². The predicted molar refractivity (Wildman–Crippen MR) is 34.4 cm³/mol. The fourth-order valence-corrected chi connectivity index (χ4v) is 0.915. The molecule has 0 aliphatic rings. The molecular formula is C3H11N3OS. The number of nitrogens with two attached hydrogens (primary N) is 1. The molecule has 0 aliphatic heterocycles. The van der Waals surface area contributed by atoms with E-state index < -0.39 is 9.92 Å². The molecule has 0 amide bonds. The average molecular weight is 137 g/mol. The van der Waals surface area contributed by atoms with Crippen LogP contribution in [-0.4, -0.2) is 17.0 Å². The Hall–Kier alpha value is -0.130. The van der Waals surface area contributed by atoms with Gasteiger partial charge in [-0.3, -0.25) is 0 Å². The third-order valence-electron chi connectivity index (χ3n) is 0.613. The molecule has 0 aromatic carbocycles. The zero-order valence-corrected chi connectivity index (χ0v) is 5.86. The second-order valence-corrected chi connectivity index (χ2v) is 3.51. The van der Waals surface area contributed by atoms with Gasteiger partial charge < -0.3 is 0 Å². The van der Waals surface area contributed by atoms with Gasteiger partial charge in [-0.05, 0) is 0 Å². The zero-order valence-electron chi connectivity index (χ0n) is 5.05. The van der Waals surface area contributed by atoms with Gasteiger partial charge in [-0.25, -0.2) is 14.8 Å². The van der Waals surface area contributed by atoms with Crippen molar-refractivity contribution in [2.24, 2.45) is 10.3 Å². The van der Waals surface area contributed by atoms with Crippen LogP contribution in [0.4, 0.5) is 0 Å². The van der Waals surface area contributed by atoms with Crippen LogP contribution in [0, 0.1) is 0 Å². The summed E-state index contributed by atoms with van der Waals surface area (Å²) in [4.78, 5) is 0. The molecule has 8 heavy (non-hydrogen) atoms. The molecule has 0 spiro atoms. The molecule has 4 nitrogen and oxygen atoms in total. The minimum Gasteiger partial charge on any atom is -0.233 e. The smallest absolute Gasteiger partial charge is 0.120 e. The average Bonchev–Trinajstić information content (AvgIpc) is 1.67. The first-order chi connectivity index (χ1) is 3.62. The van der Waals surface area contributed by atoms with Gasteiger partial charge in [-0.1, -0.05) is 6.92 Å². The van der Waals surface area contributed by atoms with Gasteiger partial charge in [0.25, 0.3) is 0 Å². The summed E-state index contributed by atoms with van der Waals surface area (Å²) in [6, 6.07) is 0. The van der Waals surface area contributed by atoms with Crippen molar-refractivity contribution >= 4 is 9.92 Å². The van der Waals surface area contributed by atoms with Crippen LogP contribution in [0.1, 0.15) is 6.92 Å². The van der Waals surface area contributed by atoms with Crippen LogP contribution < -0.4 is 10.6 Å². The summed E-state index contributed by atoms with van der Waals surface area (Å²) in [6.07, 6.45) is 1.45. The molecule has 0 saturated heterocycles. The van der Waals surface area contributed by atoms with Crippen LogP contribution in [0.3, 0.4) is 0 Å². The van der Waals surface area contributed by atoms with Gasteiger partial charge in [0, 0.05) is 12.8 Å². The molecule has 0 heterocycles. The van der Waals surface area contributed by atoms with E-state index in [1.54, 1.807) is 0 Å². The van der Waals surface area contributed by atoms with Gasteiger partial charge in [0.2, 0.25) is 0 Å². The van der Waals surface area contributed by atoms with E-state index in [0.29, 0.717) is 6.54 Å². The molecule has 50 valence electrons. The summed E-state index contributed by atoms with van der Waals surface area (Å²) < 4.78 is 16.5. The Balaban J connectivity index is 3.96. The van der Waals surface area contributed by atoms with Gasteiger partial charge in [0.1, 0.15) is 9.92 Å². The Morgan fingerprint density at radius 3 is 2.50 bits per heavy atom. The van der Waals surface area contributed by atoms with Crippen LogP contribution in [0.15, 0.2) is 4.47 Å². The number of hydrogen-bond donors (Lipinski definition) is 2. The first kappa shape index (κ1) is 7.87. The normalized spacial score (nSPS) is 17.4. The molecule has 0 aliphatic carbocycles. The third kappa shape index (κ3) is 2.95. The van der Waals surface area contributed by atoms with Crippen molar-refractivity contribution in [1.82, 2.24) is 4.72 Å². The van der Waals surface area contributed by atoms with E-state index in [1.165, 1.54) is 6.26 Å². The van der Waals surface area contributed by atoms with E-state index in [0.717, 1.165) is 0 Å². The topological polar surface area (TPSA) is 67.5 Å². The summed E-state index contributed by atoms with van der Waals surface area (Å²) in [7, 11) is -2.27. The molecule has 0 fully saturated rings. The first-order valence-electron chi connectivity index (χ1n) is 2.28. The molecule has 0 aromatic heterocycles. The minimum absolute atomic E-state index is 0.621. The maximum atomic E-state index is 10.8. The van der Waals surface area contributed by atoms with Gasteiger partial charge in [-0.2, -0.15) is 0 Å². The van der Waals surface area contributed by atoms with E-state index >= 15 is 0 Å². The molecule has 1 unspecified atom stereocenters. The van der Waals surface area contributed by atoms with Gasteiger partial charge in [0.15, 0.2) is 0 Å². The number of nitrogens with one attached hydrogen (secondary N) is 1. The Labute approximate surface area is 49.7 Å². The lowest BCUT2D eigenvalue weighted by atomic mass is 10.8. The summed E-state index contributed by atoms with van der Waals surface area (Å²) in [5.41, 5.74) is 0. The summed E-state index contributed by atoms with van der Waals surface area (Å²) in [6.45, 7) is 2.46. The highest BCUT2D eigenvalue weighted by Gasteiger charge is 1.91. The lowest BCUT2D eigenvalue weighted by Gasteiger charge is -1.98. The summed E-state index contributed by atoms with van der Waals surface area (Å²) in [5, 5.41) is 0. The van der Waals surface area contributed by atoms with Crippen molar-refractivity contribution < 1.29 is 4.21 Å². The summed E-state index contributed by atoms with van der Waals surface area (Å²) >= 11 is 0. The second-order valence-electron chi connectivity index (χ2n) is 1.41. The lowest BCUT2D eigenvalue weighted by Crippen LogP contribution is -2.22. The fraction of sp³-hybridized carbons (Fsp3) is 1.00. The summed E-state index contributed by atoms with van der Waals surface area (Å²) in [5.74, 6) is 4.78. The maximum absolute atomic E-state index is 10.8. The molecular weight excluding hydrogens is 126 g/mol. The third-order valence-corrected chi connectivity index (χ3v) is 1.84. The van der Waals surface area contributed by atoms with Crippen LogP contribution in [0.2, 0.25) is 0 Å². The van der Waals surface area contributed by atoms with Gasteiger partial charge in [0.05, 0.1) is 0 Å². The van der Waals surface area contributed by atoms with Crippen LogP contribution in [0.5, 0.6) is 0 Å². The maximum Gasteiger partial charge on any atom is 0.120 e. The van der Waals surface area contributed by atoms with Gasteiger partial charge >= 0.3 is 0 Å². The number of hydrogen-bond acceptors (Lipinski definition) is 2. The van der Waals surface area contributed by atoms with Crippen molar-refractivity contribution in [2.45, 2.75) is 6.92 Å². The van der Waals surface area contributed by atoms with E-state index in [1.807, 2.05) is 6.92 Å². The second kappa shape index (κ2) is 3.01. The molecule has 3 N–H and O–H groups in total. The van der Waals surface area contributed by atoms with E-state index in [4.69, 9.17) is 5.84 Å². The molecule has 0 radical (unpaired) electrons. The van der Waals surface area contributed by atoms with E-state index in [2.05, 4.69) is 9.19 Å². The molecule has 0 rings (SSSR count). The quantitative estimate of drug-likeness (QED) is 0.397. The van der Waals surface area contributed by atoms with Crippen LogP contribution in [-0.2, 0) is 9.92 Å². The number of rotatable bonds is 2. The molecule has 0 saturated carbocycles. The SMILES string of the molecule is CCNS(C)(=O)=NN. The highest BCUT2D eigenvalue weighted by Crippen LogP contribution is 1.75. The number of nitrogens with zero attached hydrogens (tertiary/aromatic N) is 1. The largest absolute Gasteiger partial charge is 0.233 e. The zero-order chi connectivity index (χ0) is 6.62. The Morgan fingerprint density at radius 1 is 1.88 bits per heavy atom. The van der Waals surface area contributed by atoms with Crippen molar-refractivity contribution in [3.05, 3.63) is 0 Å². The van der Waals surface area contributed by atoms with Crippen molar-refractivity contribution in [3.8, 4) is 0 Å². The molecule has 1 atom stereocenters. The highest BCUT2D eigenvalue weighted by molar-refractivity contribution is 7.90. The van der Waals surface area contributed by atoms with Crippen LogP contribution in [0.25, 0.3) is 0 Å². The van der Waals surface area contributed by atoms with Gasteiger partial charge in [-0.15, -0.1) is 4.47 Å². The minimum atomic E-state index is -2.27. The Kier molecular flexibility index (Phi) is 2.96. The Morgan fingerprint density at radius 2 is 2.38 bits per heavy atom. The predicted octanol–water partition coefficient (Wildman–Crippen LogP) is -0.518. The van der Waals surface area contributed by atoms with E-state index in [9.17, 15) is 4.21 Å². The van der Waals surface area contributed by atoms with Crippen LogP contribution >= 0.6 is 0 Å². The molecule has 5 heteroatoms. The van der Waals surface area contributed by atoms with Crippen molar-refractivity contribution in [1.29, 1.82) is 0 Å². The van der Waals surface area contributed by atoms with E-state index in [-0.39, 0.29) is 0 Å². The first-order valence-corrected chi connectivity index (χ1v) is 4.20.